The highest BCUT2D eigenvalue weighted by atomic mass is 16.5. The summed E-state index contributed by atoms with van der Waals surface area (Å²) in [5, 5.41) is 11.2. The van der Waals surface area contributed by atoms with Crippen LogP contribution < -0.4 is 5.32 Å². The zero-order valence-electron chi connectivity index (χ0n) is 13.0. The van der Waals surface area contributed by atoms with Crippen molar-refractivity contribution in [3.8, 4) is 0 Å². The Morgan fingerprint density at radius 1 is 1.23 bits per heavy atom. The summed E-state index contributed by atoms with van der Waals surface area (Å²) in [5.74, 6) is -0.923. The minimum atomic E-state index is -0.923. The van der Waals surface area contributed by atoms with E-state index in [0.29, 0.717) is 19.7 Å². The molecular formula is C16H24N2O4. The van der Waals surface area contributed by atoms with E-state index >= 15 is 0 Å². The number of rotatable bonds is 10. The minimum absolute atomic E-state index is 0.0755. The van der Waals surface area contributed by atoms with Crippen LogP contribution in [0, 0.1) is 0 Å². The molecule has 1 aromatic rings. The number of carbonyl (C=O) groups is 2. The van der Waals surface area contributed by atoms with Crippen LogP contribution in [-0.2, 0) is 16.0 Å². The summed E-state index contributed by atoms with van der Waals surface area (Å²) >= 11 is 0. The van der Waals surface area contributed by atoms with E-state index in [4.69, 9.17) is 9.84 Å². The average Bonchev–Trinajstić information content (AvgIpc) is 2.51. The van der Waals surface area contributed by atoms with E-state index in [2.05, 4.69) is 17.4 Å². The molecule has 0 aliphatic carbocycles. The fourth-order valence-corrected chi connectivity index (χ4v) is 2.02. The molecule has 0 saturated heterocycles. The highest BCUT2D eigenvalue weighted by Crippen LogP contribution is 2.04. The van der Waals surface area contributed by atoms with Gasteiger partial charge in [0.1, 0.15) is 0 Å². The van der Waals surface area contributed by atoms with Crippen LogP contribution in [0.25, 0.3) is 0 Å². The van der Waals surface area contributed by atoms with Crippen molar-refractivity contribution in [2.45, 2.75) is 19.3 Å². The smallest absolute Gasteiger partial charge is 0.317 e. The molecule has 2 N–H and O–H groups in total. The lowest BCUT2D eigenvalue weighted by atomic mass is 10.1. The number of nitrogens with zero attached hydrogens (tertiary/aromatic N) is 1. The van der Waals surface area contributed by atoms with Gasteiger partial charge >= 0.3 is 12.0 Å². The number of urea groups is 1. The maximum absolute atomic E-state index is 12.0. The number of ether oxygens (including phenoxy) is 1. The number of carboxylic acids is 1. The Hall–Kier alpha value is -2.08. The predicted octanol–water partition coefficient (Wildman–Crippen LogP) is 1.75. The molecule has 0 fully saturated rings. The minimum Gasteiger partial charge on any atom is -0.481 e. The molecule has 6 nitrogen and oxygen atoms in total. The van der Waals surface area contributed by atoms with E-state index < -0.39 is 5.97 Å². The zero-order chi connectivity index (χ0) is 16.2. The summed E-state index contributed by atoms with van der Waals surface area (Å²) in [7, 11) is 1.59. The van der Waals surface area contributed by atoms with Crippen LogP contribution in [0.4, 0.5) is 4.79 Å². The quantitative estimate of drug-likeness (QED) is 0.690. The highest BCUT2D eigenvalue weighted by molar-refractivity contribution is 5.75. The standard InChI is InChI=1S/C16H24N2O4/c1-22-13-12-18(16(21)17-10-9-15(19)20)11-5-8-14-6-3-2-4-7-14/h2-4,6-7H,5,8-13H2,1H3,(H,17,21)(H,19,20). The second-order valence-electron chi connectivity index (χ2n) is 4.94. The Kier molecular flexibility index (Phi) is 8.67. The van der Waals surface area contributed by atoms with Gasteiger partial charge in [0.15, 0.2) is 0 Å². The number of carbonyl (C=O) groups excluding carboxylic acids is 1. The van der Waals surface area contributed by atoms with E-state index in [1.54, 1.807) is 12.0 Å². The number of hydrogen-bond acceptors (Lipinski definition) is 3. The van der Waals surface area contributed by atoms with Gasteiger partial charge in [-0.3, -0.25) is 4.79 Å². The van der Waals surface area contributed by atoms with Crippen LogP contribution in [0.3, 0.4) is 0 Å². The third-order valence-electron chi connectivity index (χ3n) is 3.20. The normalized spacial score (nSPS) is 10.2. The summed E-state index contributed by atoms with van der Waals surface area (Å²) in [6.07, 6.45) is 1.67. The van der Waals surface area contributed by atoms with Crippen molar-refractivity contribution < 1.29 is 19.4 Å². The number of hydrogen-bond donors (Lipinski definition) is 2. The van der Waals surface area contributed by atoms with Gasteiger partial charge in [-0.1, -0.05) is 30.3 Å². The lowest BCUT2D eigenvalue weighted by Gasteiger charge is -2.22. The van der Waals surface area contributed by atoms with Gasteiger partial charge in [-0.25, -0.2) is 4.79 Å². The molecule has 0 aromatic heterocycles. The lowest BCUT2D eigenvalue weighted by molar-refractivity contribution is -0.136. The Bertz CT molecular complexity index is 451. The van der Waals surface area contributed by atoms with Crippen LogP contribution in [0.1, 0.15) is 18.4 Å². The van der Waals surface area contributed by atoms with Crippen LogP contribution in [-0.4, -0.2) is 55.4 Å². The molecule has 22 heavy (non-hydrogen) atoms. The van der Waals surface area contributed by atoms with Gasteiger partial charge in [0.2, 0.25) is 0 Å². The number of aryl methyl sites for hydroxylation is 1. The van der Waals surface area contributed by atoms with Crippen LogP contribution in [0.2, 0.25) is 0 Å². The summed E-state index contributed by atoms with van der Waals surface area (Å²) in [4.78, 5) is 24.2. The fraction of sp³-hybridized carbons (Fsp3) is 0.500. The molecule has 6 heteroatoms. The summed E-state index contributed by atoms with van der Waals surface area (Å²) < 4.78 is 5.01. The van der Waals surface area contributed by atoms with E-state index in [-0.39, 0.29) is 19.0 Å². The van der Waals surface area contributed by atoms with Crippen LogP contribution >= 0.6 is 0 Å². The summed E-state index contributed by atoms with van der Waals surface area (Å²) in [5.41, 5.74) is 1.24. The summed E-state index contributed by atoms with van der Waals surface area (Å²) in [6.45, 7) is 1.69. The number of aliphatic carboxylic acids is 1. The van der Waals surface area contributed by atoms with Crippen LogP contribution in [0.5, 0.6) is 0 Å². The molecule has 0 radical (unpaired) electrons. The lowest BCUT2D eigenvalue weighted by Crippen LogP contribution is -2.43. The monoisotopic (exact) mass is 308 g/mol. The van der Waals surface area contributed by atoms with Gasteiger partial charge in [0.25, 0.3) is 0 Å². The molecule has 1 rings (SSSR count). The first-order valence-corrected chi connectivity index (χ1v) is 7.41. The number of carboxylic acid groups (broad SMARTS) is 1. The zero-order valence-corrected chi connectivity index (χ0v) is 13.0. The van der Waals surface area contributed by atoms with Crippen molar-refractivity contribution in [2.24, 2.45) is 0 Å². The molecule has 0 saturated carbocycles. The Balaban J connectivity index is 2.38. The van der Waals surface area contributed by atoms with E-state index in [0.717, 1.165) is 12.8 Å². The molecule has 0 aliphatic rings. The van der Waals surface area contributed by atoms with Gasteiger partial charge in [0.05, 0.1) is 13.0 Å². The molecule has 0 aliphatic heterocycles. The Labute approximate surface area is 131 Å². The Morgan fingerprint density at radius 3 is 2.59 bits per heavy atom. The van der Waals surface area contributed by atoms with Gasteiger partial charge in [-0.15, -0.1) is 0 Å². The van der Waals surface area contributed by atoms with Crippen molar-refractivity contribution in [3.05, 3.63) is 35.9 Å². The first-order chi connectivity index (χ1) is 10.6. The molecule has 0 bridgehead atoms. The second kappa shape index (κ2) is 10.6. The van der Waals surface area contributed by atoms with Gasteiger partial charge < -0.3 is 20.1 Å². The molecule has 1 aromatic carbocycles. The maximum Gasteiger partial charge on any atom is 0.317 e. The van der Waals surface area contributed by atoms with Crippen molar-refractivity contribution >= 4 is 12.0 Å². The first kappa shape index (κ1) is 18.0. The predicted molar refractivity (Wildman–Crippen MR) is 83.9 cm³/mol. The number of amides is 2. The van der Waals surface area contributed by atoms with Crippen molar-refractivity contribution in [3.63, 3.8) is 0 Å². The maximum atomic E-state index is 12.0. The van der Waals surface area contributed by atoms with E-state index in [1.807, 2.05) is 18.2 Å². The van der Waals surface area contributed by atoms with Crippen LogP contribution in [0.15, 0.2) is 30.3 Å². The Morgan fingerprint density at radius 2 is 1.95 bits per heavy atom. The highest BCUT2D eigenvalue weighted by Gasteiger charge is 2.12. The summed E-state index contributed by atoms with van der Waals surface area (Å²) in [6, 6.07) is 9.85. The molecule has 0 atom stereocenters. The number of methoxy groups -OCH3 is 1. The molecule has 0 spiro atoms. The van der Waals surface area contributed by atoms with Gasteiger partial charge in [-0.05, 0) is 18.4 Å². The number of benzene rings is 1. The third kappa shape index (κ3) is 7.64. The molecule has 2 amide bonds. The second-order valence-corrected chi connectivity index (χ2v) is 4.94. The van der Waals surface area contributed by atoms with Crippen molar-refractivity contribution in [1.82, 2.24) is 10.2 Å². The molecule has 122 valence electrons. The molecule has 0 heterocycles. The molecule has 0 unspecified atom stereocenters. The first-order valence-electron chi connectivity index (χ1n) is 7.41. The van der Waals surface area contributed by atoms with Gasteiger partial charge in [-0.2, -0.15) is 0 Å². The topological polar surface area (TPSA) is 78.9 Å². The largest absolute Gasteiger partial charge is 0.481 e. The average molecular weight is 308 g/mol. The van der Waals surface area contributed by atoms with Crippen molar-refractivity contribution in [2.75, 3.05) is 33.4 Å². The van der Waals surface area contributed by atoms with E-state index in [1.165, 1.54) is 5.56 Å². The van der Waals surface area contributed by atoms with Gasteiger partial charge in [0, 0.05) is 26.7 Å². The SMILES string of the molecule is COCCN(CCCc1ccccc1)C(=O)NCCC(=O)O. The van der Waals surface area contributed by atoms with Crippen molar-refractivity contribution in [1.29, 1.82) is 0 Å². The number of nitrogens with one attached hydrogen (secondary N) is 1. The van der Waals surface area contributed by atoms with E-state index in [9.17, 15) is 9.59 Å². The third-order valence-corrected chi connectivity index (χ3v) is 3.20. The fourth-order valence-electron chi connectivity index (χ4n) is 2.02. The molecular weight excluding hydrogens is 284 g/mol.